The molecule has 2 aliphatic rings. The SMILES string of the molecule is CCCN1/C(=C\C=C\C2=[N+](CCCS(=O)(=O)O)c3ccc4ccccc4c3C2(C)C)C(C)(C)c2cc(C)ccc21. The van der Waals surface area contributed by atoms with Crippen molar-refractivity contribution in [3.05, 3.63) is 95.2 Å². The molecular formula is C34H41N2O3S+. The number of hydrogen-bond donors (Lipinski definition) is 1. The fourth-order valence-electron chi connectivity index (χ4n) is 6.67. The summed E-state index contributed by atoms with van der Waals surface area (Å²) in [6.45, 7) is 14.9. The van der Waals surface area contributed by atoms with Crippen LogP contribution in [-0.4, -0.2) is 42.1 Å². The molecule has 0 saturated heterocycles. The van der Waals surface area contributed by atoms with Crippen LogP contribution in [0.4, 0.5) is 11.4 Å². The molecule has 0 aromatic heterocycles. The van der Waals surface area contributed by atoms with Gasteiger partial charge in [0, 0.05) is 47.5 Å². The standard InChI is InChI=1S/C34H40N2O3S/c1-7-20-35-28-18-16-24(2)23-27(28)33(3,4)30(35)14-10-15-31-34(5,6)32-26-13-9-8-12-25(26)17-19-29(32)36(31)21-11-22-40(37,38)39/h8-10,12-19,23H,7,11,20-22H2,1-6H3/p+1. The highest BCUT2D eigenvalue weighted by atomic mass is 32.2. The van der Waals surface area contributed by atoms with E-state index in [4.69, 9.17) is 0 Å². The summed E-state index contributed by atoms with van der Waals surface area (Å²) in [5, 5.41) is 2.40. The second-order valence-corrected chi connectivity index (χ2v) is 13.8. The largest absolute Gasteiger partial charge is 0.344 e. The summed E-state index contributed by atoms with van der Waals surface area (Å²) >= 11 is 0. The quantitative estimate of drug-likeness (QED) is 0.231. The molecule has 210 valence electrons. The molecule has 0 saturated carbocycles. The number of nitrogens with zero attached hydrogens (tertiary/aromatic N) is 2. The molecule has 2 heterocycles. The Labute approximate surface area is 239 Å². The maximum Gasteiger partial charge on any atom is 0.265 e. The lowest BCUT2D eigenvalue weighted by Gasteiger charge is -2.26. The molecule has 0 amide bonds. The topological polar surface area (TPSA) is 60.6 Å². The summed E-state index contributed by atoms with van der Waals surface area (Å²) in [6.07, 6.45) is 8.01. The second-order valence-electron chi connectivity index (χ2n) is 12.2. The van der Waals surface area contributed by atoms with E-state index in [0.717, 1.165) is 24.4 Å². The molecule has 5 rings (SSSR count). The van der Waals surface area contributed by atoms with E-state index in [2.05, 4.69) is 124 Å². The van der Waals surface area contributed by atoms with Gasteiger partial charge in [0.05, 0.1) is 11.2 Å². The van der Waals surface area contributed by atoms with Gasteiger partial charge in [0.1, 0.15) is 6.54 Å². The molecule has 0 bridgehead atoms. The van der Waals surface area contributed by atoms with E-state index in [1.165, 1.54) is 38.8 Å². The van der Waals surface area contributed by atoms with Crippen molar-refractivity contribution in [2.24, 2.45) is 0 Å². The number of aryl methyl sites for hydroxylation is 1. The van der Waals surface area contributed by atoms with Crippen molar-refractivity contribution >= 4 is 38.0 Å². The fourth-order valence-corrected chi connectivity index (χ4v) is 7.16. The van der Waals surface area contributed by atoms with Gasteiger partial charge in [0.2, 0.25) is 5.69 Å². The Kier molecular flexibility index (Phi) is 7.30. The Morgan fingerprint density at radius 3 is 2.48 bits per heavy atom. The second kappa shape index (κ2) is 10.3. The van der Waals surface area contributed by atoms with Crippen LogP contribution in [0.25, 0.3) is 10.8 Å². The smallest absolute Gasteiger partial charge is 0.265 e. The molecule has 0 atom stereocenters. The number of allylic oxidation sites excluding steroid dienone is 4. The van der Waals surface area contributed by atoms with Crippen LogP contribution in [0.2, 0.25) is 0 Å². The molecular weight excluding hydrogens is 516 g/mol. The molecule has 5 nitrogen and oxygen atoms in total. The van der Waals surface area contributed by atoms with Crippen molar-refractivity contribution in [2.75, 3.05) is 23.7 Å². The predicted octanol–water partition coefficient (Wildman–Crippen LogP) is 7.45. The van der Waals surface area contributed by atoms with Crippen molar-refractivity contribution in [3.63, 3.8) is 0 Å². The monoisotopic (exact) mass is 557 g/mol. The van der Waals surface area contributed by atoms with Crippen LogP contribution in [0.5, 0.6) is 0 Å². The summed E-state index contributed by atoms with van der Waals surface area (Å²) in [5.74, 6) is -0.258. The molecule has 0 spiro atoms. The number of hydrogen-bond acceptors (Lipinski definition) is 3. The zero-order valence-corrected chi connectivity index (χ0v) is 25.3. The lowest BCUT2D eigenvalue weighted by atomic mass is 9.79. The highest BCUT2D eigenvalue weighted by molar-refractivity contribution is 7.85. The van der Waals surface area contributed by atoms with Crippen molar-refractivity contribution < 1.29 is 17.5 Å². The third-order valence-electron chi connectivity index (χ3n) is 8.54. The minimum atomic E-state index is -4.03. The molecule has 1 N–H and O–H groups in total. The van der Waals surface area contributed by atoms with Crippen LogP contribution >= 0.6 is 0 Å². The first-order chi connectivity index (χ1) is 18.9. The molecule has 40 heavy (non-hydrogen) atoms. The molecule has 0 radical (unpaired) electrons. The summed E-state index contributed by atoms with van der Waals surface area (Å²) in [6, 6.07) is 19.5. The van der Waals surface area contributed by atoms with E-state index >= 15 is 0 Å². The van der Waals surface area contributed by atoms with Crippen molar-refractivity contribution in [2.45, 2.75) is 65.2 Å². The molecule has 3 aromatic rings. The number of anilines is 1. The van der Waals surface area contributed by atoms with E-state index in [9.17, 15) is 13.0 Å². The van der Waals surface area contributed by atoms with E-state index in [-0.39, 0.29) is 16.6 Å². The van der Waals surface area contributed by atoms with E-state index in [0.29, 0.717) is 13.0 Å². The summed E-state index contributed by atoms with van der Waals surface area (Å²) in [4.78, 5) is 2.45. The van der Waals surface area contributed by atoms with Gasteiger partial charge in [-0.3, -0.25) is 4.55 Å². The Bertz CT molecular complexity index is 1680. The minimum Gasteiger partial charge on any atom is -0.344 e. The Balaban J connectivity index is 1.59. The van der Waals surface area contributed by atoms with E-state index in [1.807, 2.05) is 0 Å². The molecule has 0 fully saturated rings. The molecule has 6 heteroatoms. The third kappa shape index (κ3) is 4.92. The van der Waals surface area contributed by atoms with Crippen LogP contribution in [0.3, 0.4) is 0 Å². The number of rotatable bonds is 8. The number of fused-ring (bicyclic) bond motifs is 4. The van der Waals surface area contributed by atoms with Crippen LogP contribution in [0.15, 0.2) is 78.5 Å². The van der Waals surface area contributed by atoms with Gasteiger partial charge in [-0.2, -0.15) is 13.0 Å². The van der Waals surface area contributed by atoms with Crippen LogP contribution in [-0.2, 0) is 20.9 Å². The van der Waals surface area contributed by atoms with Gasteiger partial charge in [-0.05, 0) is 61.7 Å². The van der Waals surface area contributed by atoms with Crippen molar-refractivity contribution in [1.82, 2.24) is 0 Å². The average molecular weight is 558 g/mol. The van der Waals surface area contributed by atoms with Crippen LogP contribution < -0.4 is 4.90 Å². The Morgan fingerprint density at radius 1 is 1.00 bits per heavy atom. The van der Waals surface area contributed by atoms with Gasteiger partial charge in [-0.1, -0.05) is 68.8 Å². The molecule has 0 unspecified atom stereocenters. The first kappa shape index (κ1) is 28.3. The normalized spacial score (nSPS) is 18.8. The zero-order valence-electron chi connectivity index (χ0n) is 24.5. The van der Waals surface area contributed by atoms with Crippen LogP contribution in [0.1, 0.15) is 64.2 Å². The van der Waals surface area contributed by atoms with Crippen LogP contribution in [0, 0.1) is 6.92 Å². The molecule has 2 aliphatic heterocycles. The minimum absolute atomic E-state index is 0.120. The first-order valence-electron chi connectivity index (χ1n) is 14.3. The third-order valence-corrected chi connectivity index (χ3v) is 9.35. The summed E-state index contributed by atoms with van der Waals surface area (Å²) < 4.78 is 34.7. The fraction of sp³-hybridized carbons (Fsp3) is 0.382. The predicted molar refractivity (Wildman–Crippen MR) is 167 cm³/mol. The highest BCUT2D eigenvalue weighted by Crippen LogP contribution is 2.48. The Morgan fingerprint density at radius 2 is 1.75 bits per heavy atom. The summed E-state index contributed by atoms with van der Waals surface area (Å²) in [5.41, 5.74) is 8.26. The van der Waals surface area contributed by atoms with Crippen molar-refractivity contribution in [3.8, 4) is 0 Å². The van der Waals surface area contributed by atoms with Gasteiger partial charge >= 0.3 is 0 Å². The van der Waals surface area contributed by atoms with E-state index in [1.54, 1.807) is 0 Å². The summed E-state index contributed by atoms with van der Waals surface area (Å²) in [7, 11) is -4.03. The van der Waals surface area contributed by atoms with Gasteiger partial charge in [-0.15, -0.1) is 0 Å². The maximum atomic E-state index is 11.5. The van der Waals surface area contributed by atoms with Crippen molar-refractivity contribution in [1.29, 1.82) is 0 Å². The molecule has 3 aromatic carbocycles. The highest BCUT2D eigenvalue weighted by Gasteiger charge is 2.45. The lowest BCUT2D eigenvalue weighted by Crippen LogP contribution is -2.28. The maximum absolute atomic E-state index is 11.5. The Hall–Kier alpha value is -3.22. The van der Waals surface area contributed by atoms with E-state index < -0.39 is 10.1 Å². The first-order valence-corrected chi connectivity index (χ1v) is 15.9. The van der Waals surface area contributed by atoms with Gasteiger partial charge in [0.25, 0.3) is 10.1 Å². The lowest BCUT2D eigenvalue weighted by molar-refractivity contribution is -0.437. The van der Waals surface area contributed by atoms with Gasteiger partial charge < -0.3 is 4.90 Å². The molecule has 0 aliphatic carbocycles. The number of benzene rings is 3. The average Bonchev–Trinajstić information content (AvgIpc) is 3.22. The van der Waals surface area contributed by atoms with Gasteiger partial charge in [0.15, 0.2) is 5.71 Å². The zero-order chi connectivity index (χ0) is 28.9. The van der Waals surface area contributed by atoms with Gasteiger partial charge in [-0.25, -0.2) is 0 Å².